The highest BCUT2D eigenvalue weighted by molar-refractivity contribution is 8.01. The number of aliphatic hydroxyl groups excluding tert-OH is 10. The first-order valence-corrected chi connectivity index (χ1v) is 22.4. The monoisotopic (exact) mass is 1070 g/mol. The molecule has 402 valence electrons. The molecule has 0 heterocycles. The summed E-state index contributed by atoms with van der Waals surface area (Å²) in [6, 6.07) is 14.1. The minimum absolute atomic E-state index is 0.124. The quantitative estimate of drug-likeness (QED) is 0.0300. The maximum atomic E-state index is 10.2. The number of carboxylic acids is 4. The Balaban J connectivity index is 0. The Morgan fingerprint density at radius 1 is 0.521 bits per heavy atom. The van der Waals surface area contributed by atoms with E-state index in [4.69, 9.17) is 118 Å². The van der Waals surface area contributed by atoms with Crippen LogP contribution in [0.2, 0.25) is 10.0 Å². The molecule has 0 aliphatic carbocycles. The highest BCUT2D eigenvalue weighted by Crippen LogP contribution is 2.17. The number of aliphatic carboxylic acids is 4. The molecule has 0 aliphatic heterocycles. The number of aliphatic imine (C=N–C) groups is 4. The Bertz CT molecular complexity index is 1870. The van der Waals surface area contributed by atoms with Crippen molar-refractivity contribution in [2.45, 2.75) is 98.9 Å². The molecule has 28 nitrogen and oxygen atoms in total. The van der Waals surface area contributed by atoms with Crippen molar-refractivity contribution in [3.8, 4) is 0 Å². The van der Waals surface area contributed by atoms with E-state index in [0.29, 0.717) is 23.1 Å². The van der Waals surface area contributed by atoms with Crippen molar-refractivity contribution in [1.82, 2.24) is 0 Å². The molecule has 0 aliphatic rings. The lowest BCUT2D eigenvalue weighted by Gasteiger charge is -2.23. The Labute approximate surface area is 420 Å². The van der Waals surface area contributed by atoms with Gasteiger partial charge in [-0.1, -0.05) is 36.0 Å². The molecule has 2 rings (SSSR count). The number of guanidine groups is 4. The lowest BCUT2D eigenvalue weighted by atomic mass is 10.0. The van der Waals surface area contributed by atoms with Crippen LogP contribution in [0.5, 0.6) is 0 Å². The zero-order valence-electron chi connectivity index (χ0n) is 38.2. The molecule has 0 amide bonds. The summed E-state index contributed by atoms with van der Waals surface area (Å²) in [5.74, 6) is -4.85. The van der Waals surface area contributed by atoms with Gasteiger partial charge in [-0.25, -0.2) is 9.59 Å². The summed E-state index contributed by atoms with van der Waals surface area (Å²) in [4.78, 5) is 57.1. The number of halogens is 2. The number of rotatable bonds is 23. The summed E-state index contributed by atoms with van der Waals surface area (Å²) in [5.41, 5.74) is 24.8. The number of hydrogen-bond donors (Lipinski definition) is 20. The number of anilines is 2. The average molecular weight is 1080 g/mol. The molecule has 24 N–H and O–H groups in total. The first-order valence-electron chi connectivity index (χ1n) is 20.7. The van der Waals surface area contributed by atoms with Crippen molar-refractivity contribution in [1.29, 1.82) is 0 Å². The predicted octanol–water partition coefficient (Wildman–Crippen LogP) is -2.98. The van der Waals surface area contributed by atoms with Crippen LogP contribution in [0, 0.1) is 0 Å². The number of carbonyl (C=O) groups is 4. The SMILES string of the molecule is CC(SC(C)C(=O)O)C(=O)O.NC(=NCCCCCCN=C(N)N=C(N)Nc1ccc(Cl)cc1)N=C(N)Nc1ccc(Cl)cc1.O=C(O)[C@H](O)[C@@H](O)[C@H](O)[C@H](O)CO.O=C(O)[C@H](O)[C@@H](O)[C@H](O)[C@H](O)CO. The van der Waals surface area contributed by atoms with Crippen LogP contribution in [0.3, 0.4) is 0 Å². The second-order valence-corrected chi connectivity index (χ2v) is 16.8. The molecule has 2 aromatic rings. The van der Waals surface area contributed by atoms with Gasteiger partial charge in [0.25, 0.3) is 0 Å². The van der Waals surface area contributed by atoms with Crippen LogP contribution in [0.4, 0.5) is 11.4 Å². The van der Waals surface area contributed by atoms with Crippen LogP contribution in [0.1, 0.15) is 39.5 Å². The van der Waals surface area contributed by atoms with E-state index in [-0.39, 0.29) is 23.8 Å². The Morgan fingerprint density at radius 2 is 0.817 bits per heavy atom. The number of hydrogen-bond acceptors (Lipinski definition) is 17. The number of carboxylic acid groups (broad SMARTS) is 4. The van der Waals surface area contributed by atoms with Gasteiger partial charge in [0.05, 0.1) is 13.2 Å². The van der Waals surface area contributed by atoms with Gasteiger partial charge in [-0.3, -0.25) is 19.6 Å². The van der Waals surface area contributed by atoms with Crippen LogP contribution in [-0.4, -0.2) is 205 Å². The van der Waals surface area contributed by atoms with E-state index in [0.717, 1.165) is 48.8 Å². The van der Waals surface area contributed by atoms with Gasteiger partial charge in [0.1, 0.15) is 47.1 Å². The lowest BCUT2D eigenvalue weighted by molar-refractivity contribution is -0.164. The van der Waals surface area contributed by atoms with Crippen molar-refractivity contribution < 1.29 is 90.7 Å². The van der Waals surface area contributed by atoms with E-state index >= 15 is 0 Å². The van der Waals surface area contributed by atoms with Gasteiger partial charge >= 0.3 is 23.9 Å². The van der Waals surface area contributed by atoms with Gasteiger partial charge in [-0.05, 0) is 75.2 Å². The standard InChI is InChI=1S/C22H30Cl2N10.2C6H12O7.C6H10O4S/c23-15-5-9-17(10-6-15)31-21(27)33-19(25)29-13-3-1-2-4-14-30-20(26)34-22(28)32-18-11-7-16(24)8-12-18;2*7-1-2(8)3(9)4(10)5(11)6(12)13;1-3(5(7)8)11-4(2)6(9)10/h5-12H,1-4,13-14H2,(H5,25,27,29,31,33)(H5,26,28,30,32,34);2*2-5,7-11H,1H2,(H,12,13);3-4H,1-2H3,(H,7,8)(H,9,10)/t;2*2-,3-,4+,5-;/m.11./s1. The van der Waals surface area contributed by atoms with Gasteiger partial charge in [0.2, 0.25) is 23.8 Å². The van der Waals surface area contributed by atoms with Gasteiger partial charge in [-0.15, -0.1) is 11.8 Å². The second kappa shape index (κ2) is 37.2. The molecule has 0 saturated heterocycles. The number of unbranched alkanes of at least 4 members (excludes halogenated alkanes) is 3. The highest BCUT2D eigenvalue weighted by Gasteiger charge is 2.35. The van der Waals surface area contributed by atoms with E-state index in [1.165, 1.54) is 13.8 Å². The molecule has 2 unspecified atom stereocenters. The van der Waals surface area contributed by atoms with E-state index < -0.39 is 96.4 Å². The fraction of sp³-hybridized carbons (Fsp3) is 0.500. The number of benzene rings is 2. The van der Waals surface area contributed by atoms with Gasteiger partial charge < -0.3 is 105 Å². The first-order chi connectivity index (χ1) is 33.1. The summed E-state index contributed by atoms with van der Waals surface area (Å²) in [6.07, 6.45) is -12.0. The van der Waals surface area contributed by atoms with Crippen molar-refractivity contribution in [2.24, 2.45) is 42.9 Å². The third-order valence-corrected chi connectivity index (χ3v) is 10.2. The molecular formula is C40H64Cl2N10O18S. The molecule has 2 aromatic carbocycles. The van der Waals surface area contributed by atoms with Crippen LogP contribution in [0.15, 0.2) is 68.5 Å². The summed E-state index contributed by atoms with van der Waals surface area (Å²) < 4.78 is 0. The van der Waals surface area contributed by atoms with Crippen molar-refractivity contribution in [3.05, 3.63) is 58.6 Å². The molecule has 0 aromatic heterocycles. The second-order valence-electron chi connectivity index (χ2n) is 14.3. The number of nitrogens with two attached hydrogens (primary N) is 4. The fourth-order valence-corrected chi connectivity index (χ4v) is 5.56. The number of nitrogens with zero attached hydrogens (tertiary/aromatic N) is 4. The normalized spacial score (nSPS) is 16.1. The lowest BCUT2D eigenvalue weighted by Crippen LogP contribution is -2.48. The third kappa shape index (κ3) is 31.3. The van der Waals surface area contributed by atoms with Crippen molar-refractivity contribution >= 4 is 94.1 Å². The molecule has 0 bridgehead atoms. The highest BCUT2D eigenvalue weighted by atomic mass is 35.5. The average Bonchev–Trinajstić information content (AvgIpc) is 3.32. The molecule has 0 fully saturated rings. The van der Waals surface area contributed by atoms with Gasteiger partial charge in [0, 0.05) is 34.5 Å². The summed E-state index contributed by atoms with van der Waals surface area (Å²) in [7, 11) is 0. The van der Waals surface area contributed by atoms with Crippen molar-refractivity contribution in [2.75, 3.05) is 36.9 Å². The van der Waals surface area contributed by atoms with Gasteiger partial charge in [-0.2, -0.15) is 9.98 Å². The number of nitrogens with one attached hydrogen (secondary N) is 2. The van der Waals surface area contributed by atoms with Crippen LogP contribution in [-0.2, 0) is 19.2 Å². The number of aliphatic hydroxyl groups is 10. The Morgan fingerprint density at radius 3 is 1.07 bits per heavy atom. The zero-order valence-corrected chi connectivity index (χ0v) is 40.5. The molecular weight excluding hydrogens is 1010 g/mol. The zero-order chi connectivity index (χ0) is 55.0. The third-order valence-electron chi connectivity index (χ3n) is 8.44. The fourth-order valence-electron chi connectivity index (χ4n) is 4.46. The predicted molar refractivity (Wildman–Crippen MR) is 264 cm³/mol. The molecule has 0 saturated carbocycles. The molecule has 10 atom stereocenters. The smallest absolute Gasteiger partial charge is 0.335 e. The van der Waals surface area contributed by atoms with E-state index in [2.05, 4.69) is 30.6 Å². The first kappa shape index (κ1) is 67.4. The Kier molecular flexibility index (Phi) is 35.3. The summed E-state index contributed by atoms with van der Waals surface area (Å²) in [6.45, 7) is 2.37. The minimum atomic E-state index is -2.20. The molecule has 0 spiro atoms. The largest absolute Gasteiger partial charge is 0.480 e. The molecule has 71 heavy (non-hydrogen) atoms. The summed E-state index contributed by atoms with van der Waals surface area (Å²) >= 11 is 12.6. The molecule has 0 radical (unpaired) electrons. The van der Waals surface area contributed by atoms with E-state index in [1.54, 1.807) is 48.5 Å². The number of thioether (sulfide) groups is 1. The van der Waals surface area contributed by atoms with Crippen LogP contribution >= 0.6 is 35.0 Å². The minimum Gasteiger partial charge on any atom is -0.480 e. The summed E-state index contributed by atoms with van der Waals surface area (Å²) in [5, 5.41) is 126. The Hall–Kier alpha value is -5.67. The van der Waals surface area contributed by atoms with Crippen molar-refractivity contribution in [3.63, 3.8) is 0 Å². The van der Waals surface area contributed by atoms with Crippen LogP contribution < -0.4 is 33.6 Å². The van der Waals surface area contributed by atoms with E-state index in [9.17, 15) is 19.2 Å². The van der Waals surface area contributed by atoms with Gasteiger partial charge in [0.15, 0.2) is 12.2 Å². The van der Waals surface area contributed by atoms with Crippen LogP contribution in [0.25, 0.3) is 0 Å². The maximum absolute atomic E-state index is 10.2. The van der Waals surface area contributed by atoms with E-state index in [1.807, 2.05) is 0 Å². The topological polar surface area (TPSA) is 529 Å². The maximum Gasteiger partial charge on any atom is 0.335 e. The molecule has 31 heteroatoms.